The van der Waals surface area contributed by atoms with Gasteiger partial charge in [-0.25, -0.2) is 0 Å². The van der Waals surface area contributed by atoms with E-state index in [2.05, 4.69) is 10.6 Å². The summed E-state index contributed by atoms with van der Waals surface area (Å²) < 4.78 is 0. The van der Waals surface area contributed by atoms with E-state index in [0.29, 0.717) is 24.9 Å². The topological polar surface area (TPSA) is 58.2 Å². The number of rotatable bonds is 3. The van der Waals surface area contributed by atoms with Crippen LogP contribution in [0.5, 0.6) is 0 Å². The molecule has 0 spiro atoms. The summed E-state index contributed by atoms with van der Waals surface area (Å²) in [5.41, 5.74) is 0.657. The van der Waals surface area contributed by atoms with Crippen molar-refractivity contribution in [3.63, 3.8) is 0 Å². The monoisotopic (exact) mass is 264 g/mol. The second kappa shape index (κ2) is 5.91. The molecule has 1 aromatic rings. The van der Waals surface area contributed by atoms with E-state index in [4.69, 9.17) is 0 Å². The van der Waals surface area contributed by atoms with Gasteiger partial charge in [-0.05, 0) is 36.9 Å². The second-order valence-corrected chi connectivity index (χ2v) is 5.12. The third-order valence-corrected chi connectivity index (χ3v) is 3.70. The van der Waals surface area contributed by atoms with Crippen molar-refractivity contribution in [2.45, 2.75) is 23.8 Å². The minimum absolute atomic E-state index is 0.0374. The predicted molar refractivity (Wildman–Crippen MR) is 71.7 cm³/mol. The van der Waals surface area contributed by atoms with E-state index >= 15 is 0 Å². The van der Waals surface area contributed by atoms with Crippen LogP contribution in [0.1, 0.15) is 23.2 Å². The number of piperidine rings is 1. The van der Waals surface area contributed by atoms with Crippen LogP contribution in [0.4, 0.5) is 0 Å². The molecule has 1 aromatic carbocycles. The molecule has 2 amide bonds. The molecule has 2 rings (SSSR count). The Morgan fingerprint density at radius 3 is 2.67 bits per heavy atom. The summed E-state index contributed by atoms with van der Waals surface area (Å²) >= 11 is 1.65. The number of amides is 2. The van der Waals surface area contributed by atoms with Crippen LogP contribution in [0, 0.1) is 0 Å². The van der Waals surface area contributed by atoms with Crippen molar-refractivity contribution >= 4 is 23.6 Å². The molecular formula is C13H16N2O2S. The molecule has 1 atom stereocenters. The Labute approximate surface area is 111 Å². The lowest BCUT2D eigenvalue weighted by molar-refractivity contribution is -0.122. The minimum Gasteiger partial charge on any atom is -0.354 e. The first-order valence-corrected chi connectivity index (χ1v) is 7.13. The first-order valence-electron chi connectivity index (χ1n) is 5.90. The number of benzene rings is 1. The number of nitrogens with one attached hydrogen (secondary N) is 2. The van der Waals surface area contributed by atoms with Gasteiger partial charge in [-0.2, -0.15) is 0 Å². The SMILES string of the molecule is CSc1ccc(C(=O)NC2CCC(=O)NC2)cc1. The first kappa shape index (κ1) is 13.0. The summed E-state index contributed by atoms with van der Waals surface area (Å²) in [7, 11) is 0. The minimum atomic E-state index is -0.0798. The van der Waals surface area contributed by atoms with Gasteiger partial charge in [0.2, 0.25) is 5.91 Å². The maximum Gasteiger partial charge on any atom is 0.251 e. The summed E-state index contributed by atoms with van der Waals surface area (Å²) in [6.45, 7) is 0.521. The molecule has 0 saturated carbocycles. The van der Waals surface area contributed by atoms with Gasteiger partial charge < -0.3 is 10.6 Å². The van der Waals surface area contributed by atoms with Crippen molar-refractivity contribution in [3.05, 3.63) is 29.8 Å². The van der Waals surface area contributed by atoms with Crippen molar-refractivity contribution in [2.24, 2.45) is 0 Å². The van der Waals surface area contributed by atoms with Crippen molar-refractivity contribution < 1.29 is 9.59 Å². The zero-order chi connectivity index (χ0) is 13.0. The van der Waals surface area contributed by atoms with E-state index in [1.807, 2.05) is 30.5 Å². The molecule has 5 heteroatoms. The number of hydrogen-bond donors (Lipinski definition) is 2. The Morgan fingerprint density at radius 2 is 2.11 bits per heavy atom. The highest BCUT2D eigenvalue weighted by Gasteiger charge is 2.19. The molecule has 4 nitrogen and oxygen atoms in total. The summed E-state index contributed by atoms with van der Waals surface area (Å²) in [6.07, 6.45) is 3.19. The lowest BCUT2D eigenvalue weighted by Crippen LogP contribution is -2.47. The van der Waals surface area contributed by atoms with Crippen molar-refractivity contribution in [1.29, 1.82) is 0 Å². The molecule has 1 saturated heterocycles. The predicted octanol–water partition coefficient (Wildman–Crippen LogP) is 1.42. The molecule has 0 aliphatic carbocycles. The van der Waals surface area contributed by atoms with Crippen LogP contribution < -0.4 is 10.6 Å². The Morgan fingerprint density at radius 1 is 1.39 bits per heavy atom. The third-order valence-electron chi connectivity index (χ3n) is 2.95. The van der Waals surface area contributed by atoms with Crippen LogP contribution in [-0.2, 0) is 4.79 Å². The molecule has 1 heterocycles. The van der Waals surface area contributed by atoms with Crippen LogP contribution in [0.25, 0.3) is 0 Å². The highest BCUT2D eigenvalue weighted by atomic mass is 32.2. The third kappa shape index (κ3) is 3.26. The van der Waals surface area contributed by atoms with Gasteiger partial charge in [0.25, 0.3) is 5.91 Å². The van der Waals surface area contributed by atoms with E-state index in [1.54, 1.807) is 11.8 Å². The van der Waals surface area contributed by atoms with Gasteiger partial charge in [0, 0.05) is 29.5 Å². The standard InChI is InChI=1S/C13H16N2O2S/c1-18-11-5-2-9(3-6-11)13(17)15-10-4-7-12(16)14-8-10/h2-3,5-6,10H,4,7-8H2,1H3,(H,14,16)(H,15,17). The van der Waals surface area contributed by atoms with Crippen molar-refractivity contribution in [2.75, 3.05) is 12.8 Å². The molecule has 0 radical (unpaired) electrons. The van der Waals surface area contributed by atoms with Gasteiger partial charge >= 0.3 is 0 Å². The van der Waals surface area contributed by atoms with Gasteiger partial charge in [0.05, 0.1) is 0 Å². The molecule has 96 valence electrons. The second-order valence-electron chi connectivity index (χ2n) is 4.24. The largest absolute Gasteiger partial charge is 0.354 e. The van der Waals surface area contributed by atoms with Crippen molar-refractivity contribution in [1.82, 2.24) is 10.6 Å². The normalized spacial score (nSPS) is 19.2. The fourth-order valence-electron chi connectivity index (χ4n) is 1.87. The Hall–Kier alpha value is -1.49. The quantitative estimate of drug-likeness (QED) is 0.812. The van der Waals surface area contributed by atoms with Crippen LogP contribution in [0.2, 0.25) is 0 Å². The van der Waals surface area contributed by atoms with Crippen LogP contribution in [0.15, 0.2) is 29.2 Å². The lowest BCUT2D eigenvalue weighted by atomic mass is 10.1. The summed E-state index contributed by atoms with van der Waals surface area (Å²) in [5.74, 6) is -0.0198. The Balaban J connectivity index is 1.92. The molecule has 0 aromatic heterocycles. The van der Waals surface area contributed by atoms with E-state index < -0.39 is 0 Å². The number of thioether (sulfide) groups is 1. The molecule has 1 aliphatic heterocycles. The average Bonchev–Trinajstić information content (AvgIpc) is 2.41. The zero-order valence-electron chi connectivity index (χ0n) is 10.2. The number of carbonyl (C=O) groups is 2. The van der Waals surface area contributed by atoms with Crippen LogP contribution >= 0.6 is 11.8 Å². The smallest absolute Gasteiger partial charge is 0.251 e. The van der Waals surface area contributed by atoms with E-state index in [-0.39, 0.29) is 17.9 Å². The molecule has 18 heavy (non-hydrogen) atoms. The summed E-state index contributed by atoms with van der Waals surface area (Å²) in [5, 5.41) is 5.68. The maximum atomic E-state index is 12.0. The molecular weight excluding hydrogens is 248 g/mol. The Bertz CT molecular complexity index is 435. The number of carbonyl (C=O) groups excluding carboxylic acids is 2. The van der Waals surface area contributed by atoms with Gasteiger partial charge in [0.1, 0.15) is 0 Å². The molecule has 1 aliphatic rings. The van der Waals surface area contributed by atoms with Gasteiger partial charge in [-0.1, -0.05) is 0 Å². The highest BCUT2D eigenvalue weighted by molar-refractivity contribution is 7.98. The first-order chi connectivity index (χ1) is 8.69. The lowest BCUT2D eigenvalue weighted by Gasteiger charge is -2.23. The van der Waals surface area contributed by atoms with Gasteiger partial charge in [0.15, 0.2) is 0 Å². The van der Waals surface area contributed by atoms with E-state index in [0.717, 1.165) is 4.90 Å². The molecule has 0 bridgehead atoms. The van der Waals surface area contributed by atoms with Crippen LogP contribution in [-0.4, -0.2) is 30.7 Å². The fraction of sp³-hybridized carbons (Fsp3) is 0.385. The van der Waals surface area contributed by atoms with E-state index in [1.165, 1.54) is 0 Å². The van der Waals surface area contributed by atoms with Crippen molar-refractivity contribution in [3.8, 4) is 0 Å². The van der Waals surface area contributed by atoms with Gasteiger partial charge in [-0.15, -0.1) is 11.8 Å². The highest BCUT2D eigenvalue weighted by Crippen LogP contribution is 2.15. The zero-order valence-corrected chi connectivity index (χ0v) is 11.0. The average molecular weight is 264 g/mol. The molecule has 2 N–H and O–H groups in total. The molecule has 1 unspecified atom stereocenters. The maximum absolute atomic E-state index is 12.0. The summed E-state index contributed by atoms with van der Waals surface area (Å²) in [6, 6.07) is 7.55. The van der Waals surface area contributed by atoms with E-state index in [9.17, 15) is 9.59 Å². The van der Waals surface area contributed by atoms with Gasteiger partial charge in [-0.3, -0.25) is 9.59 Å². The van der Waals surface area contributed by atoms with Crippen LogP contribution in [0.3, 0.4) is 0 Å². The Kier molecular flexibility index (Phi) is 4.25. The summed E-state index contributed by atoms with van der Waals surface area (Å²) in [4.78, 5) is 24.1. The number of hydrogen-bond acceptors (Lipinski definition) is 3. The molecule has 1 fully saturated rings. The fourth-order valence-corrected chi connectivity index (χ4v) is 2.28.